The fourth-order valence-electron chi connectivity index (χ4n) is 2.86. The highest BCUT2D eigenvalue weighted by Gasteiger charge is 2.39. The predicted molar refractivity (Wildman–Crippen MR) is 91.8 cm³/mol. The number of nitrogens with zero attached hydrogens (tertiary/aromatic N) is 1. The summed E-state index contributed by atoms with van der Waals surface area (Å²) in [6, 6.07) is 14.7. The summed E-state index contributed by atoms with van der Waals surface area (Å²) in [5.41, 5.74) is 1.01. The molecule has 1 N–H and O–H groups in total. The van der Waals surface area contributed by atoms with Gasteiger partial charge in [0.15, 0.2) is 0 Å². The van der Waals surface area contributed by atoms with E-state index >= 15 is 0 Å². The van der Waals surface area contributed by atoms with Gasteiger partial charge in [0.1, 0.15) is 18.4 Å². The molecule has 1 aliphatic rings. The second-order valence-electron chi connectivity index (χ2n) is 5.86. The van der Waals surface area contributed by atoms with Crippen LogP contribution in [0, 0.1) is 0 Å². The fraction of sp³-hybridized carbons (Fsp3) is 0.278. The van der Waals surface area contributed by atoms with E-state index in [-0.39, 0.29) is 11.4 Å². The number of carboxylic acid groups (broad SMARTS) is 1. The van der Waals surface area contributed by atoms with Crippen LogP contribution >= 0.6 is 0 Å². The zero-order valence-electron chi connectivity index (χ0n) is 13.5. The van der Waals surface area contributed by atoms with E-state index in [1.165, 1.54) is 12.1 Å². The van der Waals surface area contributed by atoms with Gasteiger partial charge < -0.3 is 9.84 Å². The van der Waals surface area contributed by atoms with Crippen LogP contribution in [0.5, 0.6) is 5.75 Å². The zero-order chi connectivity index (χ0) is 17.9. The van der Waals surface area contributed by atoms with Crippen molar-refractivity contribution in [3.63, 3.8) is 0 Å². The SMILES string of the molecule is O=C(O)[C@H]1CCCN1S(=O)(=O)c1ccc(OCc2ccccc2)cc1. The van der Waals surface area contributed by atoms with Gasteiger partial charge in [-0.15, -0.1) is 0 Å². The van der Waals surface area contributed by atoms with Crippen molar-refractivity contribution in [1.29, 1.82) is 0 Å². The Hall–Kier alpha value is -2.38. The number of hydrogen-bond donors (Lipinski definition) is 1. The summed E-state index contributed by atoms with van der Waals surface area (Å²) in [5.74, 6) is -0.553. The van der Waals surface area contributed by atoms with Gasteiger partial charge in [-0.25, -0.2) is 8.42 Å². The van der Waals surface area contributed by atoms with Gasteiger partial charge in [-0.05, 0) is 42.7 Å². The third-order valence-electron chi connectivity index (χ3n) is 4.17. The van der Waals surface area contributed by atoms with Crippen LogP contribution in [-0.2, 0) is 21.4 Å². The maximum absolute atomic E-state index is 12.7. The molecule has 1 heterocycles. The molecule has 1 fully saturated rings. The third kappa shape index (κ3) is 3.83. The van der Waals surface area contributed by atoms with Crippen molar-refractivity contribution in [2.75, 3.05) is 6.54 Å². The number of rotatable bonds is 6. The van der Waals surface area contributed by atoms with E-state index in [9.17, 15) is 18.3 Å². The Morgan fingerprint density at radius 1 is 1.12 bits per heavy atom. The first kappa shape index (κ1) is 17.4. The van der Waals surface area contributed by atoms with Crippen molar-refractivity contribution in [2.45, 2.75) is 30.4 Å². The molecule has 132 valence electrons. The Balaban J connectivity index is 1.72. The fourth-order valence-corrected chi connectivity index (χ4v) is 4.51. The molecule has 3 rings (SSSR count). The average Bonchev–Trinajstić information content (AvgIpc) is 3.12. The summed E-state index contributed by atoms with van der Waals surface area (Å²) in [7, 11) is -3.82. The van der Waals surface area contributed by atoms with Gasteiger partial charge in [0.05, 0.1) is 4.90 Å². The van der Waals surface area contributed by atoms with Crippen LogP contribution < -0.4 is 4.74 Å². The van der Waals surface area contributed by atoms with Crippen LogP contribution in [0.2, 0.25) is 0 Å². The first-order valence-corrected chi connectivity index (χ1v) is 9.44. The maximum atomic E-state index is 12.7. The summed E-state index contributed by atoms with van der Waals surface area (Å²) in [6.07, 6.45) is 0.890. The van der Waals surface area contributed by atoms with E-state index in [4.69, 9.17) is 4.74 Å². The normalized spacial score (nSPS) is 18.2. The number of sulfonamides is 1. The minimum atomic E-state index is -3.82. The van der Waals surface area contributed by atoms with Crippen LogP contribution in [0.25, 0.3) is 0 Å². The smallest absolute Gasteiger partial charge is 0.322 e. The first-order chi connectivity index (χ1) is 12.0. The van der Waals surface area contributed by atoms with Gasteiger partial charge in [0, 0.05) is 6.54 Å². The molecule has 0 amide bonds. The van der Waals surface area contributed by atoms with Crippen LogP contribution in [0.1, 0.15) is 18.4 Å². The lowest BCUT2D eigenvalue weighted by molar-refractivity contribution is -0.140. The minimum Gasteiger partial charge on any atom is -0.489 e. The quantitative estimate of drug-likeness (QED) is 0.855. The predicted octanol–water partition coefficient (Wildman–Crippen LogP) is 2.50. The molecule has 0 bridgehead atoms. The summed E-state index contributed by atoms with van der Waals surface area (Å²) < 4.78 is 32.0. The van der Waals surface area contributed by atoms with Crippen LogP contribution in [0.4, 0.5) is 0 Å². The number of carboxylic acids is 1. The number of ether oxygens (including phenoxy) is 1. The Labute approximate surface area is 146 Å². The lowest BCUT2D eigenvalue weighted by Gasteiger charge is -2.21. The molecule has 1 saturated heterocycles. The van der Waals surface area contributed by atoms with Crippen LogP contribution in [0.15, 0.2) is 59.5 Å². The highest BCUT2D eigenvalue weighted by molar-refractivity contribution is 7.89. The molecule has 25 heavy (non-hydrogen) atoms. The summed E-state index contributed by atoms with van der Waals surface area (Å²) in [5, 5.41) is 9.19. The van der Waals surface area contributed by atoms with Crippen molar-refractivity contribution in [1.82, 2.24) is 4.31 Å². The van der Waals surface area contributed by atoms with Gasteiger partial charge >= 0.3 is 5.97 Å². The second kappa shape index (κ2) is 7.25. The van der Waals surface area contributed by atoms with E-state index in [0.29, 0.717) is 25.2 Å². The largest absolute Gasteiger partial charge is 0.489 e. The highest BCUT2D eigenvalue weighted by atomic mass is 32.2. The molecule has 0 spiro atoms. The Kier molecular flexibility index (Phi) is 5.06. The molecule has 1 aliphatic heterocycles. The molecule has 1 atom stereocenters. The Morgan fingerprint density at radius 3 is 2.44 bits per heavy atom. The molecule has 0 aromatic heterocycles. The summed E-state index contributed by atoms with van der Waals surface area (Å²) in [6.45, 7) is 0.617. The molecule has 0 unspecified atom stereocenters. The molecular formula is C18H19NO5S. The van der Waals surface area contributed by atoms with E-state index in [1.54, 1.807) is 12.1 Å². The number of carbonyl (C=O) groups is 1. The molecule has 0 saturated carbocycles. The number of hydrogen-bond acceptors (Lipinski definition) is 4. The standard InChI is InChI=1S/C18H19NO5S/c20-18(21)17-7-4-12-19(17)25(22,23)16-10-8-15(9-11-16)24-13-14-5-2-1-3-6-14/h1-3,5-6,8-11,17H,4,7,12-13H2,(H,20,21)/t17-/m1/s1. The maximum Gasteiger partial charge on any atom is 0.322 e. The van der Waals surface area contributed by atoms with Gasteiger partial charge in [-0.1, -0.05) is 30.3 Å². The molecule has 2 aromatic carbocycles. The van der Waals surface area contributed by atoms with Gasteiger partial charge in [-0.3, -0.25) is 4.79 Å². The molecule has 6 nitrogen and oxygen atoms in total. The Bertz CT molecular complexity index is 834. The molecule has 0 radical (unpaired) electrons. The van der Waals surface area contributed by atoms with Crippen LogP contribution in [0.3, 0.4) is 0 Å². The molecule has 0 aliphatic carbocycles. The summed E-state index contributed by atoms with van der Waals surface area (Å²) >= 11 is 0. The lowest BCUT2D eigenvalue weighted by atomic mass is 10.2. The highest BCUT2D eigenvalue weighted by Crippen LogP contribution is 2.27. The van der Waals surface area contributed by atoms with Gasteiger partial charge in [0.25, 0.3) is 0 Å². The third-order valence-corrected chi connectivity index (χ3v) is 6.09. The minimum absolute atomic E-state index is 0.0766. The van der Waals surface area contributed by atoms with Crippen molar-refractivity contribution < 1.29 is 23.1 Å². The van der Waals surface area contributed by atoms with Crippen molar-refractivity contribution in [3.8, 4) is 5.75 Å². The number of aliphatic carboxylic acids is 1. The van der Waals surface area contributed by atoms with E-state index in [0.717, 1.165) is 9.87 Å². The molecular weight excluding hydrogens is 342 g/mol. The van der Waals surface area contributed by atoms with Crippen molar-refractivity contribution in [2.24, 2.45) is 0 Å². The summed E-state index contributed by atoms with van der Waals surface area (Å²) in [4.78, 5) is 11.3. The topological polar surface area (TPSA) is 83.9 Å². The first-order valence-electron chi connectivity index (χ1n) is 8.00. The zero-order valence-corrected chi connectivity index (χ0v) is 14.4. The Morgan fingerprint density at radius 2 is 1.80 bits per heavy atom. The van der Waals surface area contributed by atoms with Crippen molar-refractivity contribution in [3.05, 3.63) is 60.2 Å². The molecule has 7 heteroatoms. The molecule has 2 aromatic rings. The average molecular weight is 361 g/mol. The van der Waals surface area contributed by atoms with E-state index in [1.807, 2.05) is 30.3 Å². The lowest BCUT2D eigenvalue weighted by Crippen LogP contribution is -2.40. The van der Waals surface area contributed by atoms with E-state index < -0.39 is 22.0 Å². The number of benzene rings is 2. The monoisotopic (exact) mass is 361 g/mol. The van der Waals surface area contributed by atoms with Gasteiger partial charge in [-0.2, -0.15) is 4.31 Å². The van der Waals surface area contributed by atoms with Crippen LogP contribution in [-0.4, -0.2) is 36.4 Å². The van der Waals surface area contributed by atoms with Gasteiger partial charge in [0.2, 0.25) is 10.0 Å². The second-order valence-corrected chi connectivity index (χ2v) is 7.75. The van der Waals surface area contributed by atoms with Crippen molar-refractivity contribution >= 4 is 16.0 Å². The van der Waals surface area contributed by atoms with E-state index in [2.05, 4.69) is 0 Å².